The van der Waals surface area contributed by atoms with E-state index in [-0.39, 0.29) is 12.2 Å². The monoisotopic (exact) mass is 252 g/mol. The van der Waals surface area contributed by atoms with Crippen molar-refractivity contribution in [3.63, 3.8) is 0 Å². The first-order valence-electron chi connectivity index (χ1n) is 5.53. The summed E-state index contributed by atoms with van der Waals surface area (Å²) in [4.78, 5) is 23.2. The standard InChI is InChI=1S/C12H16N2O4/c1-2-18-12(17)10(7-15)14-11(16)8-5-3-4-6-9(8)13/h3-6,10,15H,2,7,13H2,1H3,(H,14,16). The van der Waals surface area contributed by atoms with Gasteiger partial charge in [0.15, 0.2) is 6.04 Å². The third-order valence-corrected chi connectivity index (χ3v) is 2.26. The summed E-state index contributed by atoms with van der Waals surface area (Å²) < 4.78 is 4.72. The van der Waals surface area contributed by atoms with E-state index in [0.717, 1.165) is 0 Å². The van der Waals surface area contributed by atoms with Crippen molar-refractivity contribution in [1.29, 1.82) is 0 Å². The van der Waals surface area contributed by atoms with Crippen LogP contribution in [0.2, 0.25) is 0 Å². The number of carbonyl (C=O) groups is 2. The third kappa shape index (κ3) is 3.46. The molecule has 0 heterocycles. The first-order valence-corrected chi connectivity index (χ1v) is 5.53. The first kappa shape index (κ1) is 14.0. The zero-order chi connectivity index (χ0) is 13.5. The van der Waals surface area contributed by atoms with Crippen LogP contribution in [0.15, 0.2) is 24.3 Å². The minimum Gasteiger partial charge on any atom is -0.464 e. The number of para-hydroxylation sites is 1. The topological polar surface area (TPSA) is 102 Å². The minimum atomic E-state index is -1.09. The fourth-order valence-electron chi connectivity index (χ4n) is 1.36. The van der Waals surface area contributed by atoms with Crippen molar-refractivity contribution < 1.29 is 19.4 Å². The van der Waals surface area contributed by atoms with E-state index in [4.69, 9.17) is 15.6 Å². The number of benzene rings is 1. The van der Waals surface area contributed by atoms with E-state index in [2.05, 4.69) is 5.32 Å². The van der Waals surface area contributed by atoms with Gasteiger partial charge in [0.1, 0.15) is 0 Å². The van der Waals surface area contributed by atoms with Crippen LogP contribution >= 0.6 is 0 Å². The summed E-state index contributed by atoms with van der Waals surface area (Å²) in [7, 11) is 0. The SMILES string of the molecule is CCOC(=O)C(CO)NC(=O)c1ccccc1N. The lowest BCUT2D eigenvalue weighted by atomic mass is 10.1. The number of nitrogen functional groups attached to an aromatic ring is 1. The summed E-state index contributed by atoms with van der Waals surface area (Å²) in [6, 6.07) is 5.37. The molecule has 4 N–H and O–H groups in total. The van der Waals surface area contributed by atoms with Gasteiger partial charge in [-0.25, -0.2) is 4.79 Å². The van der Waals surface area contributed by atoms with Crippen molar-refractivity contribution in [2.75, 3.05) is 18.9 Å². The Hall–Kier alpha value is -2.08. The molecule has 0 radical (unpaired) electrons. The number of rotatable bonds is 5. The van der Waals surface area contributed by atoms with Crippen LogP contribution in [0.3, 0.4) is 0 Å². The number of nitrogens with two attached hydrogens (primary N) is 1. The van der Waals surface area contributed by atoms with Crippen LogP contribution in [0.4, 0.5) is 5.69 Å². The van der Waals surface area contributed by atoms with Gasteiger partial charge in [0, 0.05) is 5.69 Å². The van der Waals surface area contributed by atoms with Gasteiger partial charge in [-0.05, 0) is 19.1 Å². The van der Waals surface area contributed by atoms with Crippen LogP contribution < -0.4 is 11.1 Å². The maximum absolute atomic E-state index is 11.8. The Morgan fingerprint density at radius 2 is 2.11 bits per heavy atom. The molecule has 18 heavy (non-hydrogen) atoms. The van der Waals surface area contributed by atoms with Crippen molar-refractivity contribution in [3.05, 3.63) is 29.8 Å². The fraction of sp³-hybridized carbons (Fsp3) is 0.333. The highest BCUT2D eigenvalue weighted by Crippen LogP contribution is 2.10. The zero-order valence-corrected chi connectivity index (χ0v) is 10.1. The fourth-order valence-corrected chi connectivity index (χ4v) is 1.36. The van der Waals surface area contributed by atoms with Crippen molar-refractivity contribution in [3.8, 4) is 0 Å². The van der Waals surface area contributed by atoms with Crippen LogP contribution in [-0.4, -0.2) is 36.2 Å². The molecule has 0 bridgehead atoms. The van der Waals surface area contributed by atoms with Gasteiger partial charge in [-0.2, -0.15) is 0 Å². The predicted octanol–water partition coefficient (Wildman–Crippen LogP) is -0.0774. The van der Waals surface area contributed by atoms with E-state index >= 15 is 0 Å². The predicted molar refractivity (Wildman–Crippen MR) is 65.8 cm³/mol. The Labute approximate surface area is 105 Å². The number of aliphatic hydroxyl groups is 1. The third-order valence-electron chi connectivity index (χ3n) is 2.26. The molecular formula is C12H16N2O4. The maximum atomic E-state index is 11.8. The number of carbonyl (C=O) groups excluding carboxylic acids is 2. The van der Waals surface area contributed by atoms with Crippen LogP contribution in [0.25, 0.3) is 0 Å². The second-order valence-electron chi connectivity index (χ2n) is 3.55. The highest BCUT2D eigenvalue weighted by Gasteiger charge is 2.22. The second-order valence-corrected chi connectivity index (χ2v) is 3.55. The Bertz CT molecular complexity index is 434. The molecule has 0 fully saturated rings. The van der Waals surface area contributed by atoms with E-state index < -0.39 is 24.5 Å². The van der Waals surface area contributed by atoms with Crippen molar-refractivity contribution in [2.24, 2.45) is 0 Å². The Morgan fingerprint density at radius 1 is 1.44 bits per heavy atom. The molecule has 1 amide bonds. The van der Waals surface area contributed by atoms with E-state index in [1.807, 2.05) is 0 Å². The number of amides is 1. The van der Waals surface area contributed by atoms with Gasteiger partial charge in [-0.3, -0.25) is 4.79 Å². The number of aliphatic hydroxyl groups excluding tert-OH is 1. The van der Waals surface area contributed by atoms with E-state index in [1.165, 1.54) is 6.07 Å². The highest BCUT2D eigenvalue weighted by molar-refractivity contribution is 6.00. The van der Waals surface area contributed by atoms with Gasteiger partial charge >= 0.3 is 5.97 Å². The molecule has 6 nitrogen and oxygen atoms in total. The zero-order valence-electron chi connectivity index (χ0n) is 10.1. The smallest absolute Gasteiger partial charge is 0.331 e. The minimum absolute atomic E-state index is 0.179. The molecule has 1 aromatic rings. The van der Waals surface area contributed by atoms with Gasteiger partial charge in [0.05, 0.1) is 18.8 Å². The number of anilines is 1. The average Bonchev–Trinajstić information content (AvgIpc) is 2.36. The van der Waals surface area contributed by atoms with E-state index in [1.54, 1.807) is 25.1 Å². The lowest BCUT2D eigenvalue weighted by molar-refractivity contribution is -0.146. The van der Waals surface area contributed by atoms with Gasteiger partial charge < -0.3 is 20.9 Å². The normalized spacial score (nSPS) is 11.7. The Balaban J connectivity index is 2.74. The molecule has 1 rings (SSSR count). The van der Waals surface area contributed by atoms with Crippen LogP contribution in [0.5, 0.6) is 0 Å². The van der Waals surface area contributed by atoms with E-state index in [0.29, 0.717) is 5.69 Å². The molecule has 6 heteroatoms. The molecule has 0 aromatic heterocycles. The molecular weight excluding hydrogens is 236 g/mol. The molecule has 1 atom stereocenters. The molecule has 0 spiro atoms. The maximum Gasteiger partial charge on any atom is 0.331 e. The highest BCUT2D eigenvalue weighted by atomic mass is 16.5. The van der Waals surface area contributed by atoms with Crippen LogP contribution in [-0.2, 0) is 9.53 Å². The second kappa shape index (κ2) is 6.61. The number of hydrogen-bond donors (Lipinski definition) is 3. The molecule has 0 aliphatic heterocycles. The molecule has 98 valence electrons. The lowest BCUT2D eigenvalue weighted by Crippen LogP contribution is -2.44. The molecule has 0 aliphatic rings. The average molecular weight is 252 g/mol. The number of esters is 1. The molecule has 0 saturated heterocycles. The van der Waals surface area contributed by atoms with Gasteiger partial charge in [0.2, 0.25) is 0 Å². The van der Waals surface area contributed by atoms with E-state index in [9.17, 15) is 9.59 Å². The van der Waals surface area contributed by atoms with Crippen molar-refractivity contribution >= 4 is 17.6 Å². The van der Waals surface area contributed by atoms with Crippen molar-refractivity contribution in [1.82, 2.24) is 5.32 Å². The summed E-state index contributed by atoms with van der Waals surface area (Å²) in [6.07, 6.45) is 0. The quantitative estimate of drug-likeness (QED) is 0.502. The first-order chi connectivity index (χ1) is 8.60. The summed E-state index contributed by atoms with van der Waals surface area (Å²) in [5.41, 5.74) is 6.19. The Morgan fingerprint density at radius 3 is 2.67 bits per heavy atom. The lowest BCUT2D eigenvalue weighted by Gasteiger charge is -2.15. The summed E-state index contributed by atoms with van der Waals surface area (Å²) in [5.74, 6) is -1.21. The van der Waals surface area contributed by atoms with Gasteiger partial charge in [-0.1, -0.05) is 12.1 Å². The molecule has 1 aromatic carbocycles. The van der Waals surface area contributed by atoms with Crippen molar-refractivity contribution in [2.45, 2.75) is 13.0 Å². The van der Waals surface area contributed by atoms with Crippen LogP contribution in [0, 0.1) is 0 Å². The molecule has 0 aliphatic carbocycles. The summed E-state index contributed by atoms with van der Waals surface area (Å²) >= 11 is 0. The summed E-state index contributed by atoms with van der Waals surface area (Å²) in [6.45, 7) is 1.29. The molecule has 0 saturated carbocycles. The molecule has 1 unspecified atom stereocenters. The van der Waals surface area contributed by atoms with Crippen LogP contribution in [0.1, 0.15) is 17.3 Å². The number of nitrogens with one attached hydrogen (secondary N) is 1. The van der Waals surface area contributed by atoms with Gasteiger partial charge in [-0.15, -0.1) is 0 Å². The van der Waals surface area contributed by atoms with Gasteiger partial charge in [0.25, 0.3) is 5.91 Å². The number of ether oxygens (including phenoxy) is 1. The Kier molecular flexibility index (Phi) is 5.13. The largest absolute Gasteiger partial charge is 0.464 e. The number of hydrogen-bond acceptors (Lipinski definition) is 5. The summed E-state index contributed by atoms with van der Waals surface area (Å²) in [5, 5.41) is 11.4.